The minimum absolute atomic E-state index is 0.0823. The van der Waals surface area contributed by atoms with E-state index in [0.29, 0.717) is 18.7 Å². The second-order valence-electron chi connectivity index (χ2n) is 4.45. The van der Waals surface area contributed by atoms with Crippen LogP contribution >= 0.6 is 0 Å². The summed E-state index contributed by atoms with van der Waals surface area (Å²) < 4.78 is 0. The Morgan fingerprint density at radius 1 is 1.20 bits per heavy atom. The van der Waals surface area contributed by atoms with Gasteiger partial charge in [0.25, 0.3) is 0 Å². The van der Waals surface area contributed by atoms with E-state index >= 15 is 0 Å². The van der Waals surface area contributed by atoms with Crippen LogP contribution in [-0.4, -0.2) is 29.1 Å². The molecule has 2 rings (SSSR count). The van der Waals surface area contributed by atoms with Gasteiger partial charge in [0.15, 0.2) is 0 Å². The van der Waals surface area contributed by atoms with Gasteiger partial charge in [0.2, 0.25) is 0 Å². The molecule has 0 unspecified atom stereocenters. The van der Waals surface area contributed by atoms with E-state index in [4.69, 9.17) is 10.8 Å². The number of hydrogen-bond donors (Lipinski definition) is 2. The third-order valence-corrected chi connectivity index (χ3v) is 2.97. The van der Waals surface area contributed by atoms with Gasteiger partial charge < -0.3 is 15.7 Å². The lowest BCUT2D eigenvalue weighted by Crippen LogP contribution is -2.32. The van der Waals surface area contributed by atoms with Crippen molar-refractivity contribution in [3.63, 3.8) is 0 Å². The average Bonchev–Trinajstić information content (AvgIpc) is 2.45. The van der Waals surface area contributed by atoms with Crippen molar-refractivity contribution in [2.24, 2.45) is 0 Å². The summed E-state index contributed by atoms with van der Waals surface area (Å²) in [7, 11) is 0. The predicted octanol–water partition coefficient (Wildman–Crippen LogP) is 1.80. The number of carboxylic acid groups (broad SMARTS) is 1. The quantitative estimate of drug-likeness (QED) is 0.783. The Bertz CT molecular complexity index is 572. The van der Waals surface area contributed by atoms with Crippen LogP contribution < -0.4 is 10.6 Å². The minimum atomic E-state index is -0.880. The minimum Gasteiger partial charge on any atom is -0.480 e. The number of hydrogen-bond acceptors (Lipinski definition) is 4. The summed E-state index contributed by atoms with van der Waals surface area (Å²) in [5.74, 6) is -0.880. The first-order valence-electron chi connectivity index (χ1n) is 6.38. The molecule has 1 aromatic carbocycles. The number of nitrogens with zero attached hydrogens (tertiary/aromatic N) is 2. The highest BCUT2D eigenvalue weighted by molar-refractivity contribution is 5.77. The molecule has 0 aliphatic heterocycles. The van der Waals surface area contributed by atoms with Crippen molar-refractivity contribution < 1.29 is 9.90 Å². The van der Waals surface area contributed by atoms with Crippen molar-refractivity contribution in [3.05, 3.63) is 54.4 Å². The third-order valence-electron chi connectivity index (χ3n) is 2.97. The highest BCUT2D eigenvalue weighted by atomic mass is 16.4. The fourth-order valence-corrected chi connectivity index (χ4v) is 2.02. The molecule has 0 saturated carbocycles. The number of anilines is 2. The van der Waals surface area contributed by atoms with E-state index in [0.717, 1.165) is 11.4 Å². The molecule has 1 heterocycles. The number of carboxylic acids is 1. The van der Waals surface area contributed by atoms with Crippen molar-refractivity contribution in [2.75, 3.05) is 23.7 Å². The third kappa shape index (κ3) is 3.71. The molecule has 0 aliphatic rings. The van der Waals surface area contributed by atoms with E-state index in [9.17, 15) is 4.79 Å². The van der Waals surface area contributed by atoms with Gasteiger partial charge in [0, 0.05) is 24.9 Å². The smallest absolute Gasteiger partial charge is 0.323 e. The van der Waals surface area contributed by atoms with Gasteiger partial charge in [-0.05, 0) is 24.3 Å². The van der Waals surface area contributed by atoms with Crippen molar-refractivity contribution >= 4 is 17.3 Å². The Labute approximate surface area is 117 Å². The molecule has 0 saturated heterocycles. The van der Waals surface area contributed by atoms with Crippen LogP contribution in [0.5, 0.6) is 0 Å². The van der Waals surface area contributed by atoms with Gasteiger partial charge in [-0.2, -0.15) is 0 Å². The number of benzene rings is 1. The number of pyridine rings is 1. The number of para-hydroxylation sites is 2. The van der Waals surface area contributed by atoms with Crippen molar-refractivity contribution in [2.45, 2.75) is 6.42 Å². The molecular formula is C15H17N3O2. The Hall–Kier alpha value is -2.56. The molecule has 0 aliphatic carbocycles. The van der Waals surface area contributed by atoms with Crippen LogP contribution in [0.4, 0.5) is 11.4 Å². The summed E-state index contributed by atoms with van der Waals surface area (Å²) in [4.78, 5) is 17.0. The molecule has 0 spiro atoms. The second-order valence-corrected chi connectivity index (χ2v) is 4.45. The van der Waals surface area contributed by atoms with E-state index in [1.807, 2.05) is 36.4 Å². The number of aliphatic carboxylic acids is 1. The Morgan fingerprint density at radius 3 is 2.60 bits per heavy atom. The molecular weight excluding hydrogens is 254 g/mol. The van der Waals surface area contributed by atoms with Gasteiger partial charge in [-0.3, -0.25) is 9.78 Å². The lowest BCUT2D eigenvalue weighted by molar-refractivity contribution is -0.135. The molecule has 1 aromatic heterocycles. The van der Waals surface area contributed by atoms with Crippen molar-refractivity contribution in [3.8, 4) is 0 Å². The highest BCUT2D eigenvalue weighted by Gasteiger charge is 2.13. The molecule has 0 fully saturated rings. The van der Waals surface area contributed by atoms with Crippen LogP contribution in [-0.2, 0) is 11.2 Å². The van der Waals surface area contributed by atoms with Gasteiger partial charge in [0.1, 0.15) is 6.54 Å². The number of nitrogen functional groups attached to an aromatic ring is 1. The summed E-state index contributed by atoms with van der Waals surface area (Å²) in [6, 6.07) is 13.0. The molecule has 0 bridgehead atoms. The van der Waals surface area contributed by atoms with Crippen LogP contribution in [0.2, 0.25) is 0 Å². The Balaban J connectivity index is 2.12. The molecule has 0 amide bonds. The van der Waals surface area contributed by atoms with Crippen molar-refractivity contribution in [1.29, 1.82) is 0 Å². The molecule has 5 heteroatoms. The predicted molar refractivity (Wildman–Crippen MR) is 78.6 cm³/mol. The van der Waals surface area contributed by atoms with Crippen LogP contribution in [0.25, 0.3) is 0 Å². The number of rotatable bonds is 6. The molecule has 0 radical (unpaired) electrons. The van der Waals surface area contributed by atoms with E-state index in [2.05, 4.69) is 4.98 Å². The van der Waals surface area contributed by atoms with Crippen LogP contribution in [0.1, 0.15) is 5.69 Å². The molecule has 5 nitrogen and oxygen atoms in total. The molecule has 3 N–H and O–H groups in total. The van der Waals surface area contributed by atoms with E-state index < -0.39 is 5.97 Å². The van der Waals surface area contributed by atoms with Crippen LogP contribution in [0.3, 0.4) is 0 Å². The lowest BCUT2D eigenvalue weighted by atomic mass is 10.2. The maximum atomic E-state index is 11.0. The number of aromatic nitrogens is 1. The summed E-state index contributed by atoms with van der Waals surface area (Å²) >= 11 is 0. The van der Waals surface area contributed by atoms with E-state index in [1.165, 1.54) is 0 Å². The zero-order valence-electron chi connectivity index (χ0n) is 11.1. The normalized spacial score (nSPS) is 10.2. The summed E-state index contributed by atoms with van der Waals surface area (Å²) in [5, 5.41) is 9.04. The molecule has 0 atom stereocenters. The highest BCUT2D eigenvalue weighted by Crippen LogP contribution is 2.22. The van der Waals surface area contributed by atoms with Crippen molar-refractivity contribution in [1.82, 2.24) is 4.98 Å². The zero-order valence-corrected chi connectivity index (χ0v) is 11.1. The second kappa shape index (κ2) is 6.56. The van der Waals surface area contributed by atoms with Crippen LogP contribution in [0.15, 0.2) is 48.7 Å². The Morgan fingerprint density at radius 2 is 1.95 bits per heavy atom. The fraction of sp³-hybridized carbons (Fsp3) is 0.200. The maximum absolute atomic E-state index is 11.0. The van der Waals surface area contributed by atoms with Crippen LogP contribution in [0, 0.1) is 0 Å². The monoisotopic (exact) mass is 271 g/mol. The SMILES string of the molecule is Nc1ccccc1N(CCc1ccccn1)CC(=O)O. The Kier molecular flexibility index (Phi) is 4.55. The lowest BCUT2D eigenvalue weighted by Gasteiger charge is -2.24. The largest absolute Gasteiger partial charge is 0.480 e. The number of carbonyl (C=O) groups is 1. The first-order chi connectivity index (χ1) is 9.66. The summed E-state index contributed by atoms with van der Waals surface area (Å²) in [6.45, 7) is 0.471. The molecule has 20 heavy (non-hydrogen) atoms. The van der Waals surface area contributed by atoms with Gasteiger partial charge in [-0.25, -0.2) is 0 Å². The summed E-state index contributed by atoms with van der Waals surface area (Å²) in [6.07, 6.45) is 2.40. The molecule has 2 aromatic rings. The topological polar surface area (TPSA) is 79.5 Å². The van der Waals surface area contributed by atoms with Gasteiger partial charge >= 0.3 is 5.97 Å². The average molecular weight is 271 g/mol. The van der Waals surface area contributed by atoms with E-state index in [1.54, 1.807) is 17.2 Å². The first kappa shape index (κ1) is 13.9. The first-order valence-corrected chi connectivity index (χ1v) is 6.38. The van der Waals surface area contributed by atoms with Gasteiger partial charge in [-0.1, -0.05) is 18.2 Å². The standard InChI is InChI=1S/C15H17N3O2/c16-13-6-1-2-7-14(13)18(11-15(19)20)10-8-12-5-3-4-9-17-12/h1-7,9H,8,10-11,16H2,(H,19,20). The maximum Gasteiger partial charge on any atom is 0.323 e. The number of nitrogens with two attached hydrogens (primary N) is 1. The summed E-state index contributed by atoms with van der Waals surface area (Å²) in [5.41, 5.74) is 8.16. The zero-order chi connectivity index (χ0) is 14.4. The fourth-order valence-electron chi connectivity index (χ4n) is 2.02. The van der Waals surface area contributed by atoms with Gasteiger partial charge in [-0.15, -0.1) is 0 Å². The van der Waals surface area contributed by atoms with E-state index in [-0.39, 0.29) is 6.54 Å². The van der Waals surface area contributed by atoms with Gasteiger partial charge in [0.05, 0.1) is 11.4 Å². The molecule has 104 valence electrons.